The Kier molecular flexibility index (Phi) is 2.55. The van der Waals surface area contributed by atoms with Crippen molar-refractivity contribution in [1.82, 2.24) is 9.97 Å². The summed E-state index contributed by atoms with van der Waals surface area (Å²) in [6, 6.07) is 0. The second kappa shape index (κ2) is 3.66. The molecule has 0 aliphatic carbocycles. The fraction of sp³-hybridized carbons (Fsp3) is 0.111. The second-order valence-corrected chi connectivity index (χ2v) is 2.19. The number of hydrogen-bond donors (Lipinski definition) is 0. The maximum Gasteiger partial charge on any atom is 0.116 e. The Morgan fingerprint density at radius 1 is 1.55 bits per heavy atom. The van der Waals surface area contributed by atoms with Gasteiger partial charge in [-0.3, -0.25) is 0 Å². The Bertz CT molecular complexity index is 277. The van der Waals surface area contributed by atoms with Gasteiger partial charge in [0.1, 0.15) is 6.33 Å². The summed E-state index contributed by atoms with van der Waals surface area (Å²) in [5, 5.41) is 0. The van der Waals surface area contributed by atoms with Crippen LogP contribution < -0.4 is 0 Å². The van der Waals surface area contributed by atoms with Crippen LogP contribution in [0.15, 0.2) is 31.3 Å². The van der Waals surface area contributed by atoms with Crippen LogP contribution in [-0.4, -0.2) is 9.97 Å². The SMILES string of the molecule is C=C/C=C\c1ncncc1C. The quantitative estimate of drug-likeness (QED) is 0.596. The first-order valence-electron chi connectivity index (χ1n) is 3.40. The number of aryl methyl sites for hydroxylation is 1. The highest BCUT2D eigenvalue weighted by atomic mass is 14.8. The van der Waals surface area contributed by atoms with Crippen molar-refractivity contribution in [2.45, 2.75) is 6.92 Å². The van der Waals surface area contributed by atoms with Crippen LogP contribution in [-0.2, 0) is 0 Å². The molecule has 0 amide bonds. The van der Waals surface area contributed by atoms with E-state index in [4.69, 9.17) is 0 Å². The molecule has 0 N–H and O–H groups in total. The molecule has 0 fully saturated rings. The summed E-state index contributed by atoms with van der Waals surface area (Å²) in [6.45, 7) is 5.55. The van der Waals surface area contributed by atoms with E-state index in [2.05, 4.69) is 16.5 Å². The summed E-state index contributed by atoms with van der Waals surface area (Å²) in [7, 11) is 0. The molecule has 0 radical (unpaired) electrons. The number of hydrogen-bond acceptors (Lipinski definition) is 2. The van der Waals surface area contributed by atoms with Crippen LogP contribution in [0, 0.1) is 6.92 Å². The van der Waals surface area contributed by atoms with Crippen LogP contribution in [0.25, 0.3) is 6.08 Å². The van der Waals surface area contributed by atoms with E-state index in [9.17, 15) is 0 Å². The minimum atomic E-state index is 0.944. The third-order valence-corrected chi connectivity index (χ3v) is 1.33. The number of nitrogens with zero attached hydrogens (tertiary/aromatic N) is 2. The molecule has 0 bridgehead atoms. The van der Waals surface area contributed by atoms with Gasteiger partial charge in [0.2, 0.25) is 0 Å². The molecule has 1 aromatic heterocycles. The third kappa shape index (κ3) is 2.00. The summed E-state index contributed by atoms with van der Waals surface area (Å²) >= 11 is 0. The molecule has 0 atom stereocenters. The standard InChI is InChI=1S/C9H10N2/c1-3-4-5-9-8(2)6-10-7-11-9/h3-7H,1H2,2H3/b5-4-. The van der Waals surface area contributed by atoms with Crippen molar-refractivity contribution in [1.29, 1.82) is 0 Å². The first kappa shape index (κ1) is 7.66. The molecular formula is C9H10N2. The maximum absolute atomic E-state index is 4.07. The van der Waals surface area contributed by atoms with Crippen molar-refractivity contribution in [3.8, 4) is 0 Å². The molecule has 11 heavy (non-hydrogen) atoms. The lowest BCUT2D eigenvalue weighted by Crippen LogP contribution is -1.86. The van der Waals surface area contributed by atoms with Gasteiger partial charge in [-0.2, -0.15) is 0 Å². The first-order chi connectivity index (χ1) is 5.34. The molecule has 2 nitrogen and oxygen atoms in total. The van der Waals surface area contributed by atoms with Gasteiger partial charge in [-0.25, -0.2) is 9.97 Å². The van der Waals surface area contributed by atoms with Gasteiger partial charge in [0, 0.05) is 6.20 Å². The normalized spacial score (nSPS) is 10.3. The highest BCUT2D eigenvalue weighted by molar-refractivity contribution is 5.49. The summed E-state index contributed by atoms with van der Waals surface area (Å²) in [4.78, 5) is 7.95. The maximum atomic E-state index is 4.07. The van der Waals surface area contributed by atoms with Gasteiger partial charge in [0.25, 0.3) is 0 Å². The Labute approximate surface area is 66.3 Å². The van der Waals surface area contributed by atoms with E-state index >= 15 is 0 Å². The van der Waals surface area contributed by atoms with Crippen molar-refractivity contribution in [2.24, 2.45) is 0 Å². The molecule has 1 aromatic rings. The fourth-order valence-electron chi connectivity index (χ4n) is 0.742. The minimum Gasteiger partial charge on any atom is -0.245 e. The monoisotopic (exact) mass is 146 g/mol. The zero-order chi connectivity index (χ0) is 8.10. The molecule has 0 saturated carbocycles. The van der Waals surface area contributed by atoms with E-state index in [0.29, 0.717) is 0 Å². The van der Waals surface area contributed by atoms with Gasteiger partial charge >= 0.3 is 0 Å². The lowest BCUT2D eigenvalue weighted by atomic mass is 10.2. The van der Waals surface area contributed by atoms with E-state index in [1.54, 1.807) is 12.3 Å². The van der Waals surface area contributed by atoms with E-state index in [1.165, 1.54) is 6.33 Å². The van der Waals surface area contributed by atoms with Gasteiger partial charge < -0.3 is 0 Å². The second-order valence-electron chi connectivity index (χ2n) is 2.19. The molecule has 0 unspecified atom stereocenters. The molecule has 0 aliphatic rings. The lowest BCUT2D eigenvalue weighted by molar-refractivity contribution is 1.11. The average molecular weight is 146 g/mol. The summed E-state index contributed by atoms with van der Waals surface area (Å²) < 4.78 is 0. The van der Waals surface area contributed by atoms with Gasteiger partial charge in [-0.15, -0.1) is 0 Å². The molecule has 56 valence electrons. The molecule has 2 heteroatoms. The van der Waals surface area contributed by atoms with E-state index < -0.39 is 0 Å². The van der Waals surface area contributed by atoms with Gasteiger partial charge in [0.15, 0.2) is 0 Å². The van der Waals surface area contributed by atoms with Crippen molar-refractivity contribution < 1.29 is 0 Å². The van der Waals surface area contributed by atoms with Gasteiger partial charge in [-0.1, -0.05) is 18.7 Å². The molecule has 0 saturated heterocycles. The molecule has 0 aliphatic heterocycles. The zero-order valence-corrected chi connectivity index (χ0v) is 6.49. The Balaban J connectivity index is 2.94. The van der Waals surface area contributed by atoms with Gasteiger partial charge in [0.05, 0.1) is 5.69 Å². The highest BCUT2D eigenvalue weighted by Crippen LogP contribution is 2.02. The predicted octanol–water partition coefficient (Wildman–Crippen LogP) is 1.98. The van der Waals surface area contributed by atoms with Gasteiger partial charge in [-0.05, 0) is 18.6 Å². The molecule has 0 aromatic carbocycles. The van der Waals surface area contributed by atoms with Crippen molar-refractivity contribution >= 4 is 6.08 Å². The Morgan fingerprint density at radius 3 is 3.00 bits per heavy atom. The van der Waals surface area contributed by atoms with Crippen LogP contribution in [0.3, 0.4) is 0 Å². The largest absolute Gasteiger partial charge is 0.245 e. The highest BCUT2D eigenvalue weighted by Gasteiger charge is 1.91. The van der Waals surface area contributed by atoms with Crippen LogP contribution in [0.5, 0.6) is 0 Å². The number of allylic oxidation sites excluding steroid dienone is 2. The third-order valence-electron chi connectivity index (χ3n) is 1.33. The van der Waals surface area contributed by atoms with Crippen molar-refractivity contribution in [3.05, 3.63) is 42.5 Å². The predicted molar refractivity (Wildman–Crippen MR) is 46.0 cm³/mol. The topological polar surface area (TPSA) is 25.8 Å². The molecule has 1 rings (SSSR count). The molecular weight excluding hydrogens is 136 g/mol. The Hall–Kier alpha value is -1.44. The van der Waals surface area contributed by atoms with Crippen LogP contribution >= 0.6 is 0 Å². The van der Waals surface area contributed by atoms with E-state index in [0.717, 1.165) is 11.3 Å². The van der Waals surface area contributed by atoms with Crippen LogP contribution in [0.1, 0.15) is 11.3 Å². The number of rotatable bonds is 2. The number of aromatic nitrogens is 2. The molecule has 0 spiro atoms. The van der Waals surface area contributed by atoms with Crippen molar-refractivity contribution in [2.75, 3.05) is 0 Å². The van der Waals surface area contributed by atoms with Crippen LogP contribution in [0.2, 0.25) is 0 Å². The smallest absolute Gasteiger partial charge is 0.116 e. The van der Waals surface area contributed by atoms with E-state index in [1.807, 2.05) is 19.1 Å². The van der Waals surface area contributed by atoms with Crippen molar-refractivity contribution in [3.63, 3.8) is 0 Å². The summed E-state index contributed by atoms with van der Waals surface area (Å²) in [5.74, 6) is 0. The van der Waals surface area contributed by atoms with Crippen LogP contribution in [0.4, 0.5) is 0 Å². The first-order valence-corrected chi connectivity index (χ1v) is 3.40. The molecule has 1 heterocycles. The Morgan fingerprint density at radius 2 is 2.36 bits per heavy atom. The summed E-state index contributed by atoms with van der Waals surface area (Å²) in [6.07, 6.45) is 8.81. The summed E-state index contributed by atoms with van der Waals surface area (Å²) in [5.41, 5.74) is 2.02. The average Bonchev–Trinajstić information content (AvgIpc) is 2.03. The minimum absolute atomic E-state index is 0.944. The fourth-order valence-corrected chi connectivity index (χ4v) is 0.742. The zero-order valence-electron chi connectivity index (χ0n) is 6.49. The lowest BCUT2D eigenvalue weighted by Gasteiger charge is -1.94. The van der Waals surface area contributed by atoms with E-state index in [-0.39, 0.29) is 0 Å².